The van der Waals surface area contributed by atoms with E-state index in [9.17, 15) is 15.2 Å². The van der Waals surface area contributed by atoms with Crippen molar-refractivity contribution in [1.29, 1.82) is 0 Å². The molecule has 2 rings (SSSR count). The Morgan fingerprint density at radius 1 is 1.53 bits per heavy atom. The molecule has 1 aromatic carbocycles. The molecule has 1 heterocycles. The Morgan fingerprint density at radius 3 is 2.95 bits per heavy atom. The number of nitrogen functional groups attached to an aromatic ring is 1. The van der Waals surface area contributed by atoms with Gasteiger partial charge in [-0.05, 0) is 16.4 Å². The third-order valence-corrected chi connectivity index (χ3v) is 2.11. The van der Waals surface area contributed by atoms with Crippen LogP contribution in [0.2, 0.25) is 0 Å². The van der Waals surface area contributed by atoms with Crippen molar-refractivity contribution in [2.24, 2.45) is 5.10 Å². The molecule has 0 unspecified atom stereocenters. The first-order valence-electron chi connectivity index (χ1n) is 4.92. The highest BCUT2D eigenvalue weighted by Gasteiger charge is 2.09. The number of nitrogens with one attached hydrogen (secondary N) is 1. The van der Waals surface area contributed by atoms with Gasteiger partial charge in [0.25, 0.3) is 5.69 Å². The van der Waals surface area contributed by atoms with Crippen molar-refractivity contribution in [3.05, 3.63) is 33.9 Å². The second kappa shape index (κ2) is 5.00. The first-order chi connectivity index (χ1) is 9.08. The van der Waals surface area contributed by atoms with E-state index < -0.39 is 4.92 Å². The molecule has 0 aliphatic carbocycles. The molecule has 0 amide bonds. The van der Waals surface area contributed by atoms with Crippen molar-refractivity contribution in [2.45, 2.75) is 0 Å². The molecule has 0 fully saturated rings. The summed E-state index contributed by atoms with van der Waals surface area (Å²) in [6.45, 7) is 0. The third-order valence-electron chi connectivity index (χ3n) is 2.11. The van der Waals surface area contributed by atoms with E-state index in [1.165, 1.54) is 24.4 Å². The number of non-ortho nitro benzene ring substituents is 1. The van der Waals surface area contributed by atoms with Gasteiger partial charge in [0.2, 0.25) is 11.6 Å². The van der Waals surface area contributed by atoms with Crippen LogP contribution in [0.3, 0.4) is 0 Å². The van der Waals surface area contributed by atoms with Crippen LogP contribution in [0, 0.1) is 10.1 Å². The molecule has 10 heteroatoms. The van der Waals surface area contributed by atoms with Gasteiger partial charge in [0.1, 0.15) is 5.75 Å². The number of nitro groups is 1. The Kier molecular flexibility index (Phi) is 3.23. The Balaban J connectivity index is 2.16. The van der Waals surface area contributed by atoms with Crippen molar-refractivity contribution in [3.63, 3.8) is 0 Å². The van der Waals surface area contributed by atoms with Crippen molar-refractivity contribution in [3.8, 4) is 5.75 Å². The number of aromatic hydroxyl groups is 1. The minimum Gasteiger partial charge on any atom is -0.507 e. The number of nitrogens with two attached hydrogens (primary N) is 1. The number of nitro benzene ring substituents is 1. The lowest BCUT2D eigenvalue weighted by atomic mass is 10.2. The van der Waals surface area contributed by atoms with E-state index in [2.05, 4.69) is 25.5 Å². The first-order valence-corrected chi connectivity index (χ1v) is 4.92. The topological polar surface area (TPSA) is 153 Å². The molecule has 2 aromatic rings. The molecule has 0 aliphatic heterocycles. The fourth-order valence-electron chi connectivity index (χ4n) is 1.19. The number of aromatic nitrogens is 2. The molecule has 0 atom stereocenters. The monoisotopic (exact) mass is 264 g/mol. The van der Waals surface area contributed by atoms with Crippen LogP contribution in [-0.2, 0) is 0 Å². The van der Waals surface area contributed by atoms with Crippen LogP contribution in [0.15, 0.2) is 27.9 Å². The summed E-state index contributed by atoms with van der Waals surface area (Å²) in [7, 11) is 0. The molecule has 4 N–H and O–H groups in total. The van der Waals surface area contributed by atoms with Gasteiger partial charge in [0, 0.05) is 17.7 Å². The van der Waals surface area contributed by atoms with Gasteiger partial charge in [-0.1, -0.05) is 0 Å². The van der Waals surface area contributed by atoms with Crippen LogP contribution in [0.5, 0.6) is 5.75 Å². The smallest absolute Gasteiger partial charge is 0.270 e. The van der Waals surface area contributed by atoms with E-state index in [4.69, 9.17) is 5.73 Å². The lowest BCUT2D eigenvalue weighted by molar-refractivity contribution is -0.384. The molecule has 0 aliphatic rings. The van der Waals surface area contributed by atoms with Crippen LogP contribution >= 0.6 is 0 Å². The maximum atomic E-state index is 10.6. The first kappa shape index (κ1) is 12.3. The predicted octanol–water partition coefficient (Wildman–Crippen LogP) is 0.712. The van der Waals surface area contributed by atoms with Gasteiger partial charge >= 0.3 is 0 Å². The van der Waals surface area contributed by atoms with Crippen LogP contribution in [0.4, 0.5) is 17.3 Å². The maximum absolute atomic E-state index is 10.6. The predicted molar refractivity (Wildman–Crippen MR) is 64.7 cm³/mol. The van der Waals surface area contributed by atoms with Gasteiger partial charge in [-0.15, -0.1) is 0 Å². The zero-order valence-corrected chi connectivity index (χ0v) is 9.35. The highest BCUT2D eigenvalue weighted by Crippen LogP contribution is 2.21. The van der Waals surface area contributed by atoms with Gasteiger partial charge in [0.05, 0.1) is 11.1 Å². The number of nitrogens with zero attached hydrogens (tertiary/aromatic N) is 4. The number of hydrogen-bond acceptors (Lipinski definition) is 9. The number of phenolic OH excluding ortho intramolecular Hbond substituents is 1. The summed E-state index contributed by atoms with van der Waals surface area (Å²) in [6, 6.07) is 3.55. The van der Waals surface area contributed by atoms with Crippen LogP contribution in [-0.4, -0.2) is 26.6 Å². The summed E-state index contributed by atoms with van der Waals surface area (Å²) in [5.41, 5.74) is 7.78. The molecule has 0 saturated carbocycles. The van der Waals surface area contributed by atoms with Crippen LogP contribution in [0.1, 0.15) is 5.56 Å². The Morgan fingerprint density at radius 2 is 2.32 bits per heavy atom. The van der Waals surface area contributed by atoms with E-state index >= 15 is 0 Å². The minimum absolute atomic E-state index is 0.0143. The summed E-state index contributed by atoms with van der Waals surface area (Å²) < 4.78 is 4.32. The summed E-state index contributed by atoms with van der Waals surface area (Å²) in [5, 5.41) is 30.5. The van der Waals surface area contributed by atoms with Gasteiger partial charge in [-0.25, -0.2) is 4.63 Å². The van der Waals surface area contributed by atoms with E-state index in [1.807, 2.05) is 0 Å². The van der Waals surface area contributed by atoms with Crippen molar-refractivity contribution >= 4 is 23.5 Å². The zero-order chi connectivity index (χ0) is 13.8. The SMILES string of the molecule is Nc1nonc1N/N=C/c1cc([N+](=O)[O-])ccc1O. The second-order valence-corrected chi connectivity index (χ2v) is 3.37. The molecule has 0 bridgehead atoms. The Bertz CT molecular complexity index is 637. The number of hydrogen-bond donors (Lipinski definition) is 3. The fraction of sp³-hybridized carbons (Fsp3) is 0. The van der Waals surface area contributed by atoms with Gasteiger partial charge in [0.15, 0.2) is 0 Å². The largest absolute Gasteiger partial charge is 0.507 e. The quantitative estimate of drug-likeness (QED) is 0.414. The van der Waals surface area contributed by atoms with Gasteiger partial charge in [-0.2, -0.15) is 5.10 Å². The molecule has 0 spiro atoms. The Hall–Kier alpha value is -3.17. The van der Waals surface area contributed by atoms with E-state index in [0.29, 0.717) is 0 Å². The second-order valence-electron chi connectivity index (χ2n) is 3.37. The molecule has 1 aromatic heterocycles. The molecule has 19 heavy (non-hydrogen) atoms. The summed E-state index contributed by atoms with van der Waals surface area (Å²) in [4.78, 5) is 10.0. The summed E-state index contributed by atoms with van der Waals surface area (Å²) in [5.74, 6) is -0.0380. The number of benzene rings is 1. The zero-order valence-electron chi connectivity index (χ0n) is 9.35. The Labute approximate surface area is 105 Å². The highest BCUT2D eigenvalue weighted by molar-refractivity contribution is 5.85. The van der Waals surface area contributed by atoms with E-state index in [0.717, 1.165) is 0 Å². The van der Waals surface area contributed by atoms with Crippen molar-refractivity contribution in [2.75, 3.05) is 11.2 Å². The van der Waals surface area contributed by atoms with Crippen LogP contribution in [0.25, 0.3) is 0 Å². The lowest BCUT2D eigenvalue weighted by Crippen LogP contribution is -1.96. The minimum atomic E-state index is -0.580. The number of anilines is 2. The molecule has 0 radical (unpaired) electrons. The lowest BCUT2D eigenvalue weighted by Gasteiger charge is -1.98. The maximum Gasteiger partial charge on any atom is 0.270 e. The molecule has 10 nitrogen and oxygen atoms in total. The average molecular weight is 264 g/mol. The van der Waals surface area contributed by atoms with Gasteiger partial charge < -0.3 is 10.8 Å². The molecular formula is C9H8N6O4. The highest BCUT2D eigenvalue weighted by atomic mass is 16.6. The summed E-state index contributed by atoms with van der Waals surface area (Å²) in [6.07, 6.45) is 1.18. The number of phenols is 1. The molecule has 0 saturated heterocycles. The molecule has 98 valence electrons. The fourth-order valence-corrected chi connectivity index (χ4v) is 1.19. The van der Waals surface area contributed by atoms with E-state index in [1.54, 1.807) is 0 Å². The van der Waals surface area contributed by atoms with Crippen LogP contribution < -0.4 is 11.2 Å². The summed E-state index contributed by atoms with van der Waals surface area (Å²) >= 11 is 0. The van der Waals surface area contributed by atoms with Crippen molar-refractivity contribution < 1.29 is 14.7 Å². The number of hydrazone groups is 1. The third kappa shape index (κ3) is 2.74. The normalized spacial score (nSPS) is 10.7. The molecular weight excluding hydrogens is 256 g/mol. The average Bonchev–Trinajstić information content (AvgIpc) is 2.77. The van der Waals surface area contributed by atoms with Crippen molar-refractivity contribution in [1.82, 2.24) is 10.3 Å². The van der Waals surface area contributed by atoms with Gasteiger partial charge in [-0.3, -0.25) is 15.5 Å². The number of rotatable bonds is 4. The standard InChI is InChI=1S/C9H8N6O4/c10-8-9(14-19-13-8)12-11-4-5-3-6(15(17)18)1-2-7(5)16/h1-4,16H,(H2,10,13)(H,12,14)/b11-4+. The van der Waals surface area contributed by atoms with E-state index in [-0.39, 0.29) is 28.6 Å².